The zero-order valence-electron chi connectivity index (χ0n) is 16.0. The van der Waals surface area contributed by atoms with E-state index in [0.717, 1.165) is 29.9 Å². The molecule has 27 heavy (non-hydrogen) atoms. The molecule has 0 radical (unpaired) electrons. The highest BCUT2D eigenvalue weighted by Gasteiger charge is 2.26. The third kappa shape index (κ3) is 5.40. The molecule has 1 amide bonds. The van der Waals surface area contributed by atoms with Crippen LogP contribution in [-0.2, 0) is 4.79 Å². The highest BCUT2D eigenvalue weighted by Crippen LogP contribution is 2.40. The Balaban J connectivity index is 1.78. The molecular weight excluding hydrogens is 342 g/mol. The quantitative estimate of drug-likeness (QED) is 0.568. The van der Waals surface area contributed by atoms with E-state index in [1.165, 1.54) is 6.92 Å². The number of anilines is 4. The first kappa shape index (κ1) is 19.1. The van der Waals surface area contributed by atoms with E-state index in [1.54, 1.807) is 0 Å². The monoisotopic (exact) mass is 369 g/mol. The molecule has 3 rings (SSSR count). The smallest absolute Gasteiger partial charge is 0.225 e. The second-order valence-electron chi connectivity index (χ2n) is 7.34. The summed E-state index contributed by atoms with van der Waals surface area (Å²) in [4.78, 5) is 20.3. The maximum atomic E-state index is 11.1. The van der Waals surface area contributed by atoms with Gasteiger partial charge in [-0.2, -0.15) is 4.98 Å². The molecule has 0 spiro atoms. The largest absolute Gasteiger partial charge is 0.394 e. The Hall–Kier alpha value is -2.67. The second-order valence-corrected chi connectivity index (χ2v) is 7.34. The van der Waals surface area contributed by atoms with E-state index in [-0.39, 0.29) is 24.5 Å². The number of amides is 1. The van der Waals surface area contributed by atoms with Crippen LogP contribution in [0.2, 0.25) is 0 Å². The van der Waals surface area contributed by atoms with Crippen molar-refractivity contribution in [3.05, 3.63) is 36.0 Å². The Morgan fingerprint density at radius 3 is 2.41 bits per heavy atom. The molecule has 4 N–H and O–H groups in total. The number of aliphatic hydroxyl groups excluding tert-OH is 1. The Morgan fingerprint density at radius 1 is 1.19 bits per heavy atom. The summed E-state index contributed by atoms with van der Waals surface area (Å²) in [5.74, 6) is 1.90. The Kier molecular flexibility index (Phi) is 5.91. The van der Waals surface area contributed by atoms with Gasteiger partial charge in [-0.1, -0.05) is 13.8 Å². The predicted octanol–water partition coefficient (Wildman–Crippen LogP) is 3.48. The molecule has 7 heteroatoms. The van der Waals surface area contributed by atoms with E-state index in [1.807, 2.05) is 30.3 Å². The number of aromatic nitrogens is 2. The maximum absolute atomic E-state index is 11.1. The van der Waals surface area contributed by atoms with Crippen molar-refractivity contribution in [2.24, 2.45) is 5.92 Å². The zero-order valence-corrected chi connectivity index (χ0v) is 16.0. The van der Waals surface area contributed by atoms with Crippen LogP contribution in [-0.4, -0.2) is 33.6 Å². The van der Waals surface area contributed by atoms with E-state index in [0.29, 0.717) is 17.7 Å². The molecule has 1 aliphatic rings. The van der Waals surface area contributed by atoms with Crippen molar-refractivity contribution >= 4 is 29.0 Å². The molecule has 0 aliphatic heterocycles. The first-order chi connectivity index (χ1) is 12.9. The lowest BCUT2D eigenvalue weighted by Gasteiger charge is -2.20. The third-order valence-corrected chi connectivity index (χ3v) is 4.54. The van der Waals surface area contributed by atoms with E-state index in [2.05, 4.69) is 39.8 Å². The lowest BCUT2D eigenvalue weighted by Crippen LogP contribution is -2.30. The summed E-state index contributed by atoms with van der Waals surface area (Å²) in [5.41, 5.74) is 2.64. The predicted molar refractivity (Wildman–Crippen MR) is 107 cm³/mol. The molecule has 7 nitrogen and oxygen atoms in total. The van der Waals surface area contributed by atoms with E-state index in [4.69, 9.17) is 0 Å². The van der Waals surface area contributed by atoms with Crippen molar-refractivity contribution in [2.75, 3.05) is 22.6 Å². The van der Waals surface area contributed by atoms with Crippen LogP contribution in [0.5, 0.6) is 0 Å². The molecule has 1 heterocycles. The molecule has 0 bridgehead atoms. The van der Waals surface area contributed by atoms with Gasteiger partial charge in [0.15, 0.2) is 0 Å². The number of hydrogen-bond acceptors (Lipinski definition) is 6. The number of rotatable bonds is 8. The number of carbonyl (C=O) groups is 1. The lowest BCUT2D eigenvalue weighted by atomic mass is 10.1. The maximum Gasteiger partial charge on any atom is 0.225 e. The van der Waals surface area contributed by atoms with Gasteiger partial charge in [0.25, 0.3) is 0 Å². The first-order valence-corrected chi connectivity index (χ1v) is 9.35. The summed E-state index contributed by atoms with van der Waals surface area (Å²) in [6, 6.07) is 9.35. The van der Waals surface area contributed by atoms with Gasteiger partial charge < -0.3 is 21.1 Å². The minimum absolute atomic E-state index is 0.0298. The molecule has 1 fully saturated rings. The van der Waals surface area contributed by atoms with Crippen LogP contribution in [0.3, 0.4) is 0 Å². The number of carbonyl (C=O) groups excluding carboxylic acids is 1. The molecule has 1 aromatic heterocycles. The highest BCUT2D eigenvalue weighted by molar-refractivity contribution is 5.88. The summed E-state index contributed by atoms with van der Waals surface area (Å²) >= 11 is 0. The van der Waals surface area contributed by atoms with Crippen molar-refractivity contribution in [3.8, 4) is 0 Å². The average Bonchev–Trinajstić information content (AvgIpc) is 3.45. The van der Waals surface area contributed by atoms with Gasteiger partial charge in [0.1, 0.15) is 5.82 Å². The van der Waals surface area contributed by atoms with Gasteiger partial charge >= 0.3 is 0 Å². The number of hydrogen-bond donors (Lipinski definition) is 4. The van der Waals surface area contributed by atoms with E-state index >= 15 is 0 Å². The summed E-state index contributed by atoms with van der Waals surface area (Å²) < 4.78 is 0. The minimum Gasteiger partial charge on any atom is -0.394 e. The fraction of sp³-hybridized carbons (Fsp3) is 0.450. The van der Waals surface area contributed by atoms with Crippen molar-refractivity contribution in [3.63, 3.8) is 0 Å². The molecule has 1 aliphatic carbocycles. The summed E-state index contributed by atoms with van der Waals surface area (Å²) in [5, 5.41) is 18.9. The van der Waals surface area contributed by atoms with Crippen LogP contribution in [0.15, 0.2) is 30.3 Å². The van der Waals surface area contributed by atoms with Gasteiger partial charge in [0.05, 0.1) is 18.3 Å². The van der Waals surface area contributed by atoms with E-state index < -0.39 is 0 Å². The Morgan fingerprint density at radius 2 is 1.85 bits per heavy atom. The van der Waals surface area contributed by atoms with Crippen molar-refractivity contribution in [1.29, 1.82) is 0 Å². The molecule has 2 aromatic rings. The first-order valence-electron chi connectivity index (χ1n) is 9.35. The van der Waals surface area contributed by atoms with Gasteiger partial charge in [-0.25, -0.2) is 4.98 Å². The van der Waals surface area contributed by atoms with Crippen LogP contribution in [0, 0.1) is 5.92 Å². The fourth-order valence-electron chi connectivity index (χ4n) is 2.76. The minimum atomic E-state index is -0.0973. The number of nitrogens with zero attached hydrogens (tertiary/aromatic N) is 2. The molecule has 144 valence electrons. The van der Waals surface area contributed by atoms with Crippen molar-refractivity contribution in [1.82, 2.24) is 9.97 Å². The molecular formula is C20H27N5O2. The van der Waals surface area contributed by atoms with Crippen LogP contribution in [0.25, 0.3) is 0 Å². The van der Waals surface area contributed by atoms with Crippen molar-refractivity contribution in [2.45, 2.75) is 45.6 Å². The Labute approximate surface area is 159 Å². The summed E-state index contributed by atoms with van der Waals surface area (Å²) in [7, 11) is 0. The second kappa shape index (κ2) is 8.35. The normalized spacial score (nSPS) is 14.7. The standard InChI is InChI=1S/C20H27N5O2/c1-12(2)18(11-26)24-20-23-17(14-4-5-14)10-19(25-20)22-16-8-6-15(7-9-16)21-13(3)27/h6-10,12,14,18,26H,4-5,11H2,1-3H3,(H,21,27)(H2,22,23,24,25)/t18-/m1/s1. The number of aliphatic hydroxyl groups is 1. The number of benzene rings is 1. The Bertz CT molecular complexity index is 787. The average molecular weight is 369 g/mol. The van der Waals surface area contributed by atoms with E-state index in [9.17, 15) is 9.90 Å². The summed E-state index contributed by atoms with van der Waals surface area (Å²) in [6.07, 6.45) is 2.30. The SMILES string of the molecule is CC(=O)Nc1ccc(Nc2cc(C3CC3)nc(N[C@H](CO)C(C)C)n2)cc1. The van der Waals surface area contributed by atoms with Gasteiger partial charge in [-0.15, -0.1) is 0 Å². The van der Waals surface area contributed by atoms with Gasteiger partial charge in [-0.05, 0) is 43.0 Å². The molecule has 1 saturated carbocycles. The topological polar surface area (TPSA) is 99.2 Å². The van der Waals surface area contributed by atoms with Crippen molar-refractivity contribution < 1.29 is 9.90 Å². The van der Waals surface area contributed by atoms with Crippen LogP contribution in [0.4, 0.5) is 23.1 Å². The molecule has 1 aromatic carbocycles. The highest BCUT2D eigenvalue weighted by atomic mass is 16.3. The van der Waals surface area contributed by atoms with Crippen LogP contribution >= 0.6 is 0 Å². The number of nitrogens with one attached hydrogen (secondary N) is 3. The van der Waals surface area contributed by atoms with Gasteiger partial charge in [-0.3, -0.25) is 4.79 Å². The zero-order chi connectivity index (χ0) is 19.4. The van der Waals surface area contributed by atoms with Gasteiger partial charge in [0, 0.05) is 30.3 Å². The fourth-order valence-corrected chi connectivity index (χ4v) is 2.76. The van der Waals surface area contributed by atoms with Gasteiger partial charge in [0.2, 0.25) is 11.9 Å². The molecule has 1 atom stereocenters. The molecule has 0 unspecified atom stereocenters. The van der Waals surface area contributed by atoms with Crippen LogP contribution in [0.1, 0.15) is 45.2 Å². The molecule has 0 saturated heterocycles. The summed E-state index contributed by atoms with van der Waals surface area (Å²) in [6.45, 7) is 5.61. The third-order valence-electron chi connectivity index (χ3n) is 4.54. The van der Waals surface area contributed by atoms with Crippen LogP contribution < -0.4 is 16.0 Å². The lowest BCUT2D eigenvalue weighted by molar-refractivity contribution is -0.114.